The van der Waals surface area contributed by atoms with E-state index in [0.717, 1.165) is 43.4 Å². The number of hydrogen-bond donors (Lipinski definition) is 1. The van der Waals surface area contributed by atoms with E-state index in [-0.39, 0.29) is 17.8 Å². The van der Waals surface area contributed by atoms with Gasteiger partial charge in [0.15, 0.2) is 0 Å². The van der Waals surface area contributed by atoms with Crippen molar-refractivity contribution in [3.63, 3.8) is 0 Å². The van der Waals surface area contributed by atoms with E-state index >= 15 is 0 Å². The molecule has 4 aromatic rings. The average molecular weight is 488 g/mol. The molecule has 1 saturated carbocycles. The molecule has 1 amide bonds. The first-order chi connectivity index (χ1) is 18.1. The molecule has 1 fully saturated rings. The first-order valence-corrected chi connectivity index (χ1v) is 12.4. The number of unbranched alkanes of at least 4 members (excludes halogenated alkanes) is 2. The summed E-state index contributed by atoms with van der Waals surface area (Å²) < 4.78 is 25.6. The molecule has 2 heterocycles. The van der Waals surface area contributed by atoms with Gasteiger partial charge in [0.05, 0.1) is 14.2 Å². The van der Waals surface area contributed by atoms with Crippen LogP contribution in [0.1, 0.15) is 55.2 Å². The summed E-state index contributed by atoms with van der Waals surface area (Å²) in [5.41, 5.74) is 2.14. The molecule has 1 aliphatic rings. The number of para-hydroxylation sites is 1. The van der Waals surface area contributed by atoms with Gasteiger partial charge >= 0.3 is 0 Å². The van der Waals surface area contributed by atoms with Crippen molar-refractivity contribution in [2.45, 2.75) is 51.1 Å². The molecule has 186 valence electrons. The van der Waals surface area contributed by atoms with Crippen LogP contribution in [0.15, 0.2) is 81.9 Å². The summed E-state index contributed by atoms with van der Waals surface area (Å²) in [5, 5.41) is 12.7. The van der Waals surface area contributed by atoms with Crippen LogP contribution in [0.3, 0.4) is 0 Å². The number of amides is 1. The smallest absolute Gasteiger partial charge is 0.254 e. The predicted molar refractivity (Wildman–Crippen MR) is 135 cm³/mol. The first-order valence-electron chi connectivity index (χ1n) is 12.9. The highest BCUT2D eigenvalue weighted by Crippen LogP contribution is 2.32. The Bertz CT molecular complexity index is 1300. The SMILES string of the molecule is [2H]C(c1ccccc1OCCCCCc1cc(O)no1)N(C(=O)c1ccc(-c2ccco2)cc1)C1CC1. The second-order valence-corrected chi connectivity index (χ2v) is 8.98. The maximum Gasteiger partial charge on any atom is 0.254 e. The number of aromatic nitrogens is 1. The number of ether oxygens (including phenoxy) is 1. The van der Waals surface area contributed by atoms with Gasteiger partial charge in [-0.3, -0.25) is 4.79 Å². The molecular formula is C29H30N2O5. The molecule has 36 heavy (non-hydrogen) atoms. The Kier molecular flexibility index (Phi) is 6.96. The lowest BCUT2D eigenvalue weighted by molar-refractivity contribution is 0.0728. The van der Waals surface area contributed by atoms with Crippen molar-refractivity contribution in [1.82, 2.24) is 10.1 Å². The van der Waals surface area contributed by atoms with Gasteiger partial charge in [0.1, 0.15) is 17.3 Å². The van der Waals surface area contributed by atoms with E-state index in [4.69, 9.17) is 15.0 Å². The van der Waals surface area contributed by atoms with Crippen molar-refractivity contribution in [2.75, 3.05) is 6.61 Å². The lowest BCUT2D eigenvalue weighted by Crippen LogP contribution is -2.32. The standard InChI is InChI=1S/C29H30N2O5/c32-28-19-25(36-30-28)8-2-1-5-17-34-27-9-4-3-7-23(27)20-31(24-15-16-24)29(33)22-13-11-21(12-14-22)26-10-6-18-35-26/h3-4,6-7,9-14,18-19,24H,1-2,5,8,15-17,20H2,(H,30,32)/i20D. The van der Waals surface area contributed by atoms with Crippen LogP contribution in [-0.2, 0) is 12.9 Å². The van der Waals surface area contributed by atoms with Gasteiger partial charge in [-0.2, -0.15) is 0 Å². The highest BCUT2D eigenvalue weighted by Gasteiger charge is 2.33. The fourth-order valence-electron chi connectivity index (χ4n) is 4.10. The monoisotopic (exact) mass is 487 g/mol. The fraction of sp³-hybridized carbons (Fsp3) is 0.310. The van der Waals surface area contributed by atoms with E-state index in [1.54, 1.807) is 23.3 Å². The van der Waals surface area contributed by atoms with Crippen molar-refractivity contribution in [1.29, 1.82) is 0 Å². The van der Waals surface area contributed by atoms with Crippen LogP contribution in [-0.4, -0.2) is 33.7 Å². The van der Waals surface area contributed by atoms with Gasteiger partial charge in [-0.05, 0) is 67.6 Å². The van der Waals surface area contributed by atoms with Crippen LogP contribution >= 0.6 is 0 Å². The molecule has 1 unspecified atom stereocenters. The Morgan fingerprint density at radius 2 is 1.92 bits per heavy atom. The molecule has 0 aliphatic heterocycles. The summed E-state index contributed by atoms with van der Waals surface area (Å²) in [6.07, 6.45) is 6.79. The van der Waals surface area contributed by atoms with Crippen LogP contribution in [0.4, 0.5) is 0 Å². The highest BCUT2D eigenvalue weighted by atomic mass is 16.5. The van der Waals surface area contributed by atoms with Crippen molar-refractivity contribution in [3.8, 4) is 23.0 Å². The Labute approximate surface area is 211 Å². The fourth-order valence-corrected chi connectivity index (χ4v) is 4.10. The normalized spacial score (nSPS) is 14.3. The number of nitrogens with zero attached hydrogens (tertiary/aromatic N) is 2. The van der Waals surface area contributed by atoms with E-state index < -0.39 is 6.52 Å². The minimum absolute atomic E-state index is 0.0586. The number of rotatable bonds is 12. The molecule has 0 saturated heterocycles. The number of furan rings is 1. The van der Waals surface area contributed by atoms with Gasteiger partial charge in [0.2, 0.25) is 0 Å². The molecule has 7 heteroatoms. The number of carbonyl (C=O) groups is 1. The third-order valence-electron chi connectivity index (χ3n) is 6.18. The predicted octanol–water partition coefficient (Wildman–Crippen LogP) is 6.24. The zero-order valence-electron chi connectivity index (χ0n) is 21.0. The largest absolute Gasteiger partial charge is 0.493 e. The minimum atomic E-state index is -0.861. The summed E-state index contributed by atoms with van der Waals surface area (Å²) >= 11 is 0. The number of hydrogen-bond acceptors (Lipinski definition) is 6. The molecule has 0 radical (unpaired) electrons. The second kappa shape index (κ2) is 11.2. The zero-order chi connectivity index (χ0) is 25.6. The van der Waals surface area contributed by atoms with Crippen molar-refractivity contribution >= 4 is 5.91 Å². The Morgan fingerprint density at radius 3 is 2.64 bits per heavy atom. The molecule has 5 rings (SSSR count). The average Bonchev–Trinajstić information content (AvgIpc) is 3.41. The van der Waals surface area contributed by atoms with Gasteiger partial charge in [-0.15, -0.1) is 0 Å². The molecule has 7 nitrogen and oxygen atoms in total. The van der Waals surface area contributed by atoms with E-state index in [1.165, 1.54) is 6.07 Å². The molecule has 2 aromatic heterocycles. The maximum absolute atomic E-state index is 13.5. The lowest BCUT2D eigenvalue weighted by Gasteiger charge is -2.24. The van der Waals surface area contributed by atoms with Crippen LogP contribution < -0.4 is 4.74 Å². The van der Waals surface area contributed by atoms with Crippen LogP contribution in [0, 0.1) is 0 Å². The lowest BCUT2D eigenvalue weighted by atomic mass is 10.1. The number of benzene rings is 2. The van der Waals surface area contributed by atoms with Crippen molar-refractivity contribution in [3.05, 3.63) is 89.9 Å². The van der Waals surface area contributed by atoms with Gasteiger partial charge in [0.25, 0.3) is 11.8 Å². The summed E-state index contributed by atoms with van der Waals surface area (Å²) in [6.45, 7) is -0.350. The Morgan fingerprint density at radius 1 is 1.08 bits per heavy atom. The Balaban J connectivity index is 1.21. The summed E-state index contributed by atoms with van der Waals surface area (Å²) in [7, 11) is 0. The number of carbonyl (C=O) groups excluding carboxylic acids is 1. The second-order valence-electron chi connectivity index (χ2n) is 8.98. The van der Waals surface area contributed by atoms with Gasteiger partial charge < -0.3 is 23.7 Å². The van der Waals surface area contributed by atoms with Crippen LogP contribution in [0.25, 0.3) is 11.3 Å². The molecule has 2 aromatic carbocycles. The minimum Gasteiger partial charge on any atom is -0.493 e. The molecular weight excluding hydrogens is 456 g/mol. The van der Waals surface area contributed by atoms with Gasteiger partial charge in [-0.1, -0.05) is 30.3 Å². The third-order valence-corrected chi connectivity index (χ3v) is 6.18. The van der Waals surface area contributed by atoms with Crippen LogP contribution in [0.5, 0.6) is 11.6 Å². The molecule has 0 spiro atoms. The van der Waals surface area contributed by atoms with Crippen molar-refractivity contribution in [2.24, 2.45) is 0 Å². The summed E-state index contributed by atoms with van der Waals surface area (Å²) in [5.74, 6) is 1.81. The van der Waals surface area contributed by atoms with Crippen LogP contribution in [0.2, 0.25) is 0 Å². The molecule has 1 atom stereocenters. The molecule has 0 bridgehead atoms. The van der Waals surface area contributed by atoms with E-state index in [0.29, 0.717) is 35.7 Å². The summed E-state index contributed by atoms with van der Waals surface area (Å²) in [4.78, 5) is 15.2. The molecule has 1 N–H and O–H groups in total. The summed E-state index contributed by atoms with van der Waals surface area (Å²) in [6, 6.07) is 20.1. The Hall–Kier alpha value is -4.00. The maximum atomic E-state index is 13.5. The molecule has 1 aliphatic carbocycles. The van der Waals surface area contributed by atoms with E-state index in [2.05, 4.69) is 5.16 Å². The van der Waals surface area contributed by atoms with Gasteiger partial charge in [0, 0.05) is 41.7 Å². The van der Waals surface area contributed by atoms with Crippen molar-refractivity contribution < 1.29 is 24.9 Å². The third kappa shape index (κ3) is 5.97. The van der Waals surface area contributed by atoms with E-state index in [1.807, 2.05) is 48.5 Å². The number of aromatic hydroxyl groups is 1. The van der Waals surface area contributed by atoms with E-state index in [9.17, 15) is 9.90 Å². The highest BCUT2D eigenvalue weighted by molar-refractivity contribution is 5.95. The quantitative estimate of drug-likeness (QED) is 0.238. The topological polar surface area (TPSA) is 88.9 Å². The zero-order valence-corrected chi connectivity index (χ0v) is 20.0. The first kappa shape index (κ1) is 22.5. The number of aryl methyl sites for hydroxylation is 1. The van der Waals surface area contributed by atoms with Gasteiger partial charge in [-0.25, -0.2) is 0 Å².